The first-order chi connectivity index (χ1) is 6.13. The summed E-state index contributed by atoms with van der Waals surface area (Å²) in [6.07, 6.45) is 1.21. The monoisotopic (exact) mass is 328 g/mol. The Morgan fingerprint density at radius 1 is 1.54 bits per heavy atom. The highest BCUT2D eigenvalue weighted by Gasteiger charge is 2.07. The Morgan fingerprint density at radius 3 is 2.85 bits per heavy atom. The van der Waals surface area contributed by atoms with E-state index in [9.17, 15) is 4.79 Å². The fourth-order valence-corrected chi connectivity index (χ4v) is 1.87. The van der Waals surface area contributed by atoms with Gasteiger partial charge < -0.3 is 4.79 Å². The Labute approximate surface area is 101 Å². The number of carbonyl (C=O) groups excluding carboxylic acids is 1. The smallest absolute Gasteiger partial charge is 0.138 e. The highest BCUT2D eigenvalue weighted by atomic mass is 127. The van der Waals surface area contributed by atoms with Crippen LogP contribution in [0.4, 0.5) is 0 Å². The zero-order chi connectivity index (χ0) is 9.84. The maximum Gasteiger partial charge on any atom is 0.138 e. The summed E-state index contributed by atoms with van der Waals surface area (Å²) >= 11 is 13.8. The second-order valence-electron chi connectivity index (χ2n) is 2.59. The minimum Gasteiger partial charge on any atom is -0.302 e. The fraction of sp³-hybridized carbons (Fsp3) is 0.222. The molecule has 0 bridgehead atoms. The third-order valence-electron chi connectivity index (χ3n) is 1.57. The van der Waals surface area contributed by atoms with Gasteiger partial charge in [-0.25, -0.2) is 0 Å². The van der Waals surface area contributed by atoms with Crippen molar-refractivity contribution >= 4 is 52.1 Å². The molecule has 0 radical (unpaired) electrons. The maximum atomic E-state index is 10.3. The van der Waals surface area contributed by atoms with Gasteiger partial charge in [0.25, 0.3) is 0 Å². The van der Waals surface area contributed by atoms with Gasteiger partial charge in [-0.2, -0.15) is 0 Å². The van der Waals surface area contributed by atoms with E-state index in [0.29, 0.717) is 11.4 Å². The third kappa shape index (κ3) is 3.44. The highest BCUT2D eigenvalue weighted by molar-refractivity contribution is 14.1. The van der Waals surface area contributed by atoms with Gasteiger partial charge in [-0.1, -0.05) is 11.6 Å². The number of hydrogen-bond acceptors (Lipinski definition) is 1. The van der Waals surface area contributed by atoms with Crippen LogP contribution in [0.25, 0.3) is 0 Å². The summed E-state index contributed by atoms with van der Waals surface area (Å²) in [6, 6.07) is 5.66. The molecule has 0 aliphatic carbocycles. The maximum absolute atomic E-state index is 10.3. The van der Waals surface area contributed by atoms with Gasteiger partial charge in [0.2, 0.25) is 0 Å². The average Bonchev–Trinajstić information content (AvgIpc) is 2.11. The molecule has 1 nitrogen and oxygen atoms in total. The first kappa shape index (κ1) is 11.3. The van der Waals surface area contributed by atoms with E-state index in [1.807, 2.05) is 18.2 Å². The molecule has 0 saturated carbocycles. The van der Waals surface area contributed by atoms with Crippen LogP contribution >= 0.6 is 45.8 Å². The molecule has 0 saturated heterocycles. The van der Waals surface area contributed by atoms with Crippen molar-refractivity contribution in [3.05, 3.63) is 32.4 Å². The molecule has 1 aromatic rings. The van der Waals surface area contributed by atoms with Crippen LogP contribution < -0.4 is 0 Å². The molecule has 0 amide bonds. The molecule has 0 fully saturated rings. The van der Waals surface area contributed by atoms with Crippen molar-refractivity contribution in [2.24, 2.45) is 0 Å². The van der Waals surface area contributed by atoms with Crippen molar-refractivity contribution < 1.29 is 4.79 Å². The molecule has 0 aromatic heterocycles. The molecule has 1 aromatic carbocycles. The van der Waals surface area contributed by atoms with Crippen LogP contribution in [0.3, 0.4) is 0 Å². The average molecular weight is 329 g/mol. The number of alkyl halides is 1. The number of benzene rings is 1. The molecule has 0 spiro atoms. The van der Waals surface area contributed by atoms with E-state index in [2.05, 4.69) is 22.6 Å². The molecule has 1 unspecified atom stereocenters. The Morgan fingerprint density at radius 2 is 2.23 bits per heavy atom. The van der Waals surface area contributed by atoms with E-state index in [4.69, 9.17) is 23.2 Å². The lowest BCUT2D eigenvalue weighted by Gasteiger charge is -2.05. The molecule has 0 aliphatic heterocycles. The van der Waals surface area contributed by atoms with Gasteiger partial charge in [-0.05, 0) is 52.8 Å². The normalized spacial score (nSPS) is 12.5. The quantitative estimate of drug-likeness (QED) is 0.473. The van der Waals surface area contributed by atoms with Crippen molar-refractivity contribution in [2.45, 2.75) is 11.8 Å². The topological polar surface area (TPSA) is 17.1 Å². The predicted octanol–water partition coefficient (Wildman–Crippen LogP) is 3.29. The van der Waals surface area contributed by atoms with E-state index in [1.165, 1.54) is 0 Å². The van der Waals surface area contributed by atoms with Crippen LogP contribution in [0.15, 0.2) is 18.2 Å². The Bertz CT molecular complexity index is 314. The number of carbonyl (C=O) groups is 1. The molecule has 1 atom stereocenters. The second kappa shape index (κ2) is 5.17. The number of hydrogen-bond donors (Lipinski definition) is 0. The zero-order valence-electron chi connectivity index (χ0n) is 6.64. The minimum absolute atomic E-state index is 0.487. The molecule has 0 heterocycles. The SMILES string of the molecule is O=CC(Cl)Cc1cc(I)ccc1Cl. The van der Waals surface area contributed by atoms with Gasteiger partial charge in [-0.15, -0.1) is 11.6 Å². The number of halogens is 3. The van der Waals surface area contributed by atoms with Crippen LogP contribution in [0.5, 0.6) is 0 Å². The summed E-state index contributed by atoms with van der Waals surface area (Å²) < 4.78 is 1.09. The Hall–Kier alpha value is 0.200. The summed E-state index contributed by atoms with van der Waals surface area (Å²) in [7, 11) is 0. The van der Waals surface area contributed by atoms with Gasteiger partial charge in [0.15, 0.2) is 0 Å². The second-order valence-corrected chi connectivity index (χ2v) is 4.81. The number of aldehydes is 1. The lowest BCUT2D eigenvalue weighted by Crippen LogP contribution is -2.04. The molecular formula is C9H7Cl2IO. The highest BCUT2D eigenvalue weighted by Crippen LogP contribution is 2.21. The van der Waals surface area contributed by atoms with Crippen molar-refractivity contribution in [1.82, 2.24) is 0 Å². The van der Waals surface area contributed by atoms with Crippen LogP contribution in [0, 0.1) is 3.57 Å². The largest absolute Gasteiger partial charge is 0.302 e. The van der Waals surface area contributed by atoms with E-state index in [0.717, 1.165) is 15.4 Å². The molecule has 0 N–H and O–H groups in total. The Balaban J connectivity index is 2.86. The van der Waals surface area contributed by atoms with Gasteiger partial charge in [0, 0.05) is 8.59 Å². The lowest BCUT2D eigenvalue weighted by atomic mass is 10.1. The van der Waals surface area contributed by atoms with Crippen LogP contribution in [-0.2, 0) is 11.2 Å². The summed E-state index contributed by atoms with van der Waals surface area (Å²) in [4.78, 5) is 10.3. The van der Waals surface area contributed by atoms with Gasteiger partial charge >= 0.3 is 0 Å². The van der Waals surface area contributed by atoms with E-state index >= 15 is 0 Å². The molecular weight excluding hydrogens is 322 g/mol. The predicted molar refractivity (Wildman–Crippen MR) is 63.6 cm³/mol. The third-order valence-corrected chi connectivity index (χ3v) is 2.87. The Kier molecular flexibility index (Phi) is 4.49. The van der Waals surface area contributed by atoms with Gasteiger partial charge in [0.05, 0.1) is 5.38 Å². The summed E-state index contributed by atoms with van der Waals surface area (Å²) in [5, 5.41) is 0.170. The first-order valence-corrected chi connectivity index (χ1v) is 5.56. The van der Waals surface area contributed by atoms with E-state index in [1.54, 1.807) is 0 Å². The lowest BCUT2D eigenvalue weighted by molar-refractivity contribution is -0.107. The van der Waals surface area contributed by atoms with E-state index < -0.39 is 5.38 Å². The van der Waals surface area contributed by atoms with Crippen molar-refractivity contribution in [3.63, 3.8) is 0 Å². The van der Waals surface area contributed by atoms with Gasteiger partial charge in [-0.3, -0.25) is 0 Å². The molecule has 1 rings (SSSR count). The van der Waals surface area contributed by atoms with Crippen LogP contribution in [0.1, 0.15) is 5.56 Å². The van der Waals surface area contributed by atoms with E-state index in [-0.39, 0.29) is 0 Å². The summed E-state index contributed by atoms with van der Waals surface area (Å²) in [5.74, 6) is 0. The molecule has 13 heavy (non-hydrogen) atoms. The van der Waals surface area contributed by atoms with Crippen LogP contribution in [-0.4, -0.2) is 11.7 Å². The minimum atomic E-state index is -0.490. The summed E-state index contributed by atoms with van der Waals surface area (Å²) in [6.45, 7) is 0. The van der Waals surface area contributed by atoms with Crippen molar-refractivity contribution in [3.8, 4) is 0 Å². The van der Waals surface area contributed by atoms with Gasteiger partial charge in [0.1, 0.15) is 6.29 Å². The molecule has 70 valence electrons. The van der Waals surface area contributed by atoms with Crippen LogP contribution in [0.2, 0.25) is 5.02 Å². The standard InChI is InChI=1S/C9H7Cl2IO/c10-7(5-13)3-6-4-8(12)1-2-9(6)11/h1-2,4-5,7H,3H2. The number of rotatable bonds is 3. The van der Waals surface area contributed by atoms with Crippen molar-refractivity contribution in [1.29, 1.82) is 0 Å². The summed E-state index contributed by atoms with van der Waals surface area (Å²) in [5.41, 5.74) is 0.917. The first-order valence-electron chi connectivity index (χ1n) is 3.67. The molecule has 4 heteroatoms. The molecule has 0 aliphatic rings. The zero-order valence-corrected chi connectivity index (χ0v) is 10.3. The fourth-order valence-electron chi connectivity index (χ4n) is 0.958. The van der Waals surface area contributed by atoms with Crippen molar-refractivity contribution in [2.75, 3.05) is 0 Å².